The number of likely N-dealkylation sites (N-methyl/N-ethyl adjacent to an activating group) is 1. The number of nitrogens with zero attached hydrogens (tertiary/aromatic N) is 4. The van der Waals surface area contributed by atoms with Crippen LogP contribution in [0.4, 0.5) is 0 Å². The fourth-order valence-corrected chi connectivity index (χ4v) is 4.79. The molecule has 2 heterocycles. The smallest absolute Gasteiger partial charge is 0.240 e. The maximum atomic E-state index is 13.3. The molecule has 0 bridgehead atoms. The molecule has 1 atom stereocenters. The number of aromatic nitrogens is 3. The van der Waals surface area contributed by atoms with Crippen LogP contribution < -0.4 is 0 Å². The Morgan fingerprint density at radius 1 is 1.03 bits per heavy atom. The number of carbonyl (C=O) groups is 1. The van der Waals surface area contributed by atoms with E-state index >= 15 is 0 Å². The number of para-hydroxylation sites is 1. The summed E-state index contributed by atoms with van der Waals surface area (Å²) in [5.41, 5.74) is 3.99. The molecule has 2 aromatic heterocycles. The van der Waals surface area contributed by atoms with Gasteiger partial charge in [-0.25, -0.2) is 0 Å². The van der Waals surface area contributed by atoms with E-state index in [4.69, 9.17) is 0 Å². The molecule has 148 valence electrons. The lowest BCUT2D eigenvalue weighted by Crippen LogP contribution is -2.33. The van der Waals surface area contributed by atoms with Crippen LogP contribution in [0.25, 0.3) is 16.6 Å². The van der Waals surface area contributed by atoms with E-state index in [0.717, 1.165) is 32.8 Å². The summed E-state index contributed by atoms with van der Waals surface area (Å²) >= 11 is 1.46. The molecule has 4 aromatic rings. The number of fused-ring (bicyclic) bond motifs is 3. The lowest BCUT2D eigenvalue weighted by atomic mass is 10.1. The first-order valence-corrected chi connectivity index (χ1v) is 10.8. The van der Waals surface area contributed by atoms with E-state index in [1.165, 1.54) is 11.8 Å². The molecule has 0 aliphatic rings. The van der Waals surface area contributed by atoms with E-state index < -0.39 is 0 Å². The molecule has 0 N–H and O–H groups in total. The molecule has 0 spiro atoms. The van der Waals surface area contributed by atoms with Gasteiger partial charge in [-0.15, -0.1) is 10.2 Å². The lowest BCUT2D eigenvalue weighted by molar-refractivity contribution is -0.130. The molecule has 0 aliphatic carbocycles. The van der Waals surface area contributed by atoms with Crippen molar-refractivity contribution in [2.75, 3.05) is 13.1 Å². The molecule has 0 saturated carbocycles. The van der Waals surface area contributed by atoms with Crippen LogP contribution in [0.3, 0.4) is 0 Å². The molecule has 2 aromatic carbocycles. The highest BCUT2D eigenvalue weighted by atomic mass is 32.2. The Hall–Kier alpha value is -2.86. The molecule has 0 radical (unpaired) electrons. The number of hydrogen-bond acceptors (Lipinski definition) is 4. The van der Waals surface area contributed by atoms with E-state index in [-0.39, 0.29) is 11.2 Å². The standard InChI is InChI=1S/C23H24N4OS/c1-4-26(5-2)22(28)21(17-11-7-6-8-12-17)29-23-25-24-20-15-16(3)18-13-9-10-14-19(18)27(20)23/h6-15,21H,4-5H2,1-3H3/t21-/m1/s1. The molecule has 0 unspecified atom stereocenters. The molecule has 0 saturated heterocycles. The predicted octanol–water partition coefficient (Wildman–Crippen LogP) is 4.89. The molecule has 6 heteroatoms. The maximum absolute atomic E-state index is 13.3. The van der Waals surface area contributed by atoms with Crippen LogP contribution >= 0.6 is 11.8 Å². The van der Waals surface area contributed by atoms with Crippen molar-refractivity contribution in [2.24, 2.45) is 0 Å². The van der Waals surface area contributed by atoms with Crippen LogP contribution in [-0.2, 0) is 4.79 Å². The van der Waals surface area contributed by atoms with Crippen molar-refractivity contribution in [3.8, 4) is 0 Å². The topological polar surface area (TPSA) is 50.5 Å². The summed E-state index contributed by atoms with van der Waals surface area (Å²) in [4.78, 5) is 15.2. The summed E-state index contributed by atoms with van der Waals surface area (Å²) in [5.74, 6) is 0.0966. The van der Waals surface area contributed by atoms with Crippen LogP contribution in [0, 0.1) is 6.92 Å². The van der Waals surface area contributed by atoms with Gasteiger partial charge in [-0.2, -0.15) is 0 Å². The van der Waals surface area contributed by atoms with Crippen molar-refractivity contribution in [2.45, 2.75) is 31.2 Å². The van der Waals surface area contributed by atoms with Crippen molar-refractivity contribution in [3.63, 3.8) is 0 Å². The normalized spacial score (nSPS) is 12.4. The molecular weight excluding hydrogens is 380 g/mol. The third-order valence-electron chi connectivity index (χ3n) is 5.20. The Kier molecular flexibility index (Phi) is 5.53. The van der Waals surface area contributed by atoms with Crippen molar-refractivity contribution in [1.82, 2.24) is 19.5 Å². The highest BCUT2D eigenvalue weighted by Crippen LogP contribution is 2.37. The highest BCUT2D eigenvalue weighted by molar-refractivity contribution is 8.00. The second-order valence-corrected chi connectivity index (χ2v) is 8.01. The number of pyridine rings is 1. The molecule has 4 rings (SSSR count). The predicted molar refractivity (Wildman–Crippen MR) is 118 cm³/mol. The second kappa shape index (κ2) is 8.25. The average molecular weight is 405 g/mol. The number of amides is 1. The Morgan fingerprint density at radius 3 is 2.45 bits per heavy atom. The second-order valence-electron chi connectivity index (χ2n) is 6.94. The largest absolute Gasteiger partial charge is 0.342 e. The van der Waals surface area contributed by atoms with Gasteiger partial charge in [-0.05, 0) is 44.0 Å². The summed E-state index contributed by atoms with van der Waals surface area (Å²) in [5, 5.41) is 10.4. The Labute approximate surface area is 174 Å². The molecule has 5 nitrogen and oxygen atoms in total. The minimum Gasteiger partial charge on any atom is -0.342 e. The van der Waals surface area contributed by atoms with Crippen molar-refractivity contribution >= 4 is 34.2 Å². The third-order valence-corrected chi connectivity index (χ3v) is 6.38. The van der Waals surface area contributed by atoms with Gasteiger partial charge >= 0.3 is 0 Å². The molecule has 29 heavy (non-hydrogen) atoms. The molecular formula is C23H24N4OS. The van der Waals surface area contributed by atoms with Crippen molar-refractivity contribution in [3.05, 3.63) is 71.8 Å². The maximum Gasteiger partial charge on any atom is 0.240 e. The van der Waals surface area contributed by atoms with Gasteiger partial charge in [0.05, 0.1) is 5.52 Å². The van der Waals surface area contributed by atoms with E-state index in [0.29, 0.717) is 13.1 Å². The number of rotatable bonds is 6. The van der Waals surface area contributed by atoms with Gasteiger partial charge in [0.25, 0.3) is 0 Å². The van der Waals surface area contributed by atoms with Crippen LogP contribution in [0.15, 0.2) is 65.8 Å². The Balaban J connectivity index is 1.83. The van der Waals surface area contributed by atoms with Crippen LogP contribution in [0.5, 0.6) is 0 Å². The summed E-state index contributed by atoms with van der Waals surface area (Å²) in [7, 11) is 0. The molecule has 0 fully saturated rings. The summed E-state index contributed by atoms with van der Waals surface area (Å²) in [6.45, 7) is 7.47. The number of carbonyl (C=O) groups excluding carboxylic acids is 1. The van der Waals surface area contributed by atoms with Gasteiger partial charge in [-0.1, -0.05) is 60.3 Å². The van der Waals surface area contributed by atoms with Crippen LogP contribution in [0.2, 0.25) is 0 Å². The third kappa shape index (κ3) is 3.60. The quantitative estimate of drug-likeness (QED) is 0.429. The molecule has 1 amide bonds. The van der Waals surface area contributed by atoms with E-state index in [9.17, 15) is 4.79 Å². The number of thioether (sulfide) groups is 1. The zero-order chi connectivity index (χ0) is 20.4. The fourth-order valence-electron chi connectivity index (χ4n) is 3.65. The minimum atomic E-state index is -0.372. The Morgan fingerprint density at radius 2 is 1.72 bits per heavy atom. The monoisotopic (exact) mass is 404 g/mol. The van der Waals surface area contributed by atoms with Gasteiger partial charge in [0.1, 0.15) is 5.25 Å². The van der Waals surface area contributed by atoms with Crippen LogP contribution in [0.1, 0.15) is 30.2 Å². The van der Waals surface area contributed by atoms with Gasteiger partial charge < -0.3 is 4.90 Å². The van der Waals surface area contributed by atoms with Crippen LogP contribution in [-0.4, -0.2) is 38.5 Å². The van der Waals surface area contributed by atoms with Gasteiger partial charge in [0.15, 0.2) is 10.8 Å². The van der Waals surface area contributed by atoms with E-state index in [2.05, 4.69) is 33.7 Å². The summed E-state index contributed by atoms with van der Waals surface area (Å²) in [6, 6.07) is 20.2. The molecule has 0 aliphatic heterocycles. The zero-order valence-corrected chi connectivity index (χ0v) is 17.7. The average Bonchev–Trinajstić information content (AvgIpc) is 3.16. The first kappa shape index (κ1) is 19.5. The van der Waals surface area contributed by atoms with Crippen molar-refractivity contribution < 1.29 is 4.79 Å². The van der Waals surface area contributed by atoms with E-state index in [1.807, 2.05) is 67.3 Å². The number of aryl methyl sites for hydroxylation is 1. The first-order valence-electron chi connectivity index (χ1n) is 9.87. The summed E-state index contributed by atoms with van der Waals surface area (Å²) < 4.78 is 2.05. The minimum absolute atomic E-state index is 0.0966. The summed E-state index contributed by atoms with van der Waals surface area (Å²) in [6.07, 6.45) is 0. The number of benzene rings is 2. The van der Waals surface area contributed by atoms with Gasteiger partial charge in [0, 0.05) is 18.5 Å². The van der Waals surface area contributed by atoms with E-state index in [1.54, 1.807) is 0 Å². The highest BCUT2D eigenvalue weighted by Gasteiger charge is 2.28. The fraction of sp³-hybridized carbons (Fsp3) is 0.261. The van der Waals surface area contributed by atoms with Gasteiger partial charge in [0.2, 0.25) is 5.91 Å². The first-order chi connectivity index (χ1) is 14.1. The van der Waals surface area contributed by atoms with Crippen molar-refractivity contribution in [1.29, 1.82) is 0 Å². The lowest BCUT2D eigenvalue weighted by Gasteiger charge is -2.24. The zero-order valence-electron chi connectivity index (χ0n) is 16.9. The van der Waals surface area contributed by atoms with Gasteiger partial charge in [-0.3, -0.25) is 9.20 Å². The Bertz CT molecular complexity index is 1150. The number of hydrogen-bond donors (Lipinski definition) is 0. The SMILES string of the molecule is CCN(CC)C(=O)[C@H](Sc1nnc2cc(C)c3ccccc3n12)c1ccccc1.